The number of rotatable bonds is 8. The molecule has 1 aliphatic carbocycles. The van der Waals surface area contributed by atoms with Crippen LogP contribution >= 0.6 is 27.3 Å². The first-order valence-electron chi connectivity index (χ1n) is 12.9. The molecule has 3 heterocycles. The fraction of sp³-hybridized carbons (Fsp3) is 0.407. The minimum Gasteiger partial charge on any atom is -0.359 e. The Balaban J connectivity index is 1.48. The zero-order valence-electron chi connectivity index (χ0n) is 22.3. The molecule has 0 saturated heterocycles. The molecule has 3 atom stereocenters. The number of halogens is 1. The quantitative estimate of drug-likeness (QED) is 0.285. The summed E-state index contributed by atoms with van der Waals surface area (Å²) in [5.74, 6) is -0.0972. The normalized spacial score (nSPS) is 19.2. The molecule has 1 fully saturated rings. The number of nitrogens with one attached hydrogen (secondary N) is 2. The highest BCUT2D eigenvalue weighted by Crippen LogP contribution is 2.45. The molecule has 13 heteroatoms. The van der Waals surface area contributed by atoms with Crippen LogP contribution in [0.1, 0.15) is 43.2 Å². The predicted molar refractivity (Wildman–Crippen MR) is 154 cm³/mol. The third-order valence-corrected chi connectivity index (χ3v) is 9.02. The molecule has 1 aliphatic rings. The Labute approximate surface area is 243 Å². The molecule has 4 aromatic rings. The molecule has 0 aliphatic heterocycles. The second kappa shape index (κ2) is 11.3. The second-order valence-corrected chi connectivity index (χ2v) is 11.9. The van der Waals surface area contributed by atoms with Crippen LogP contribution in [-0.2, 0) is 11.2 Å². The third kappa shape index (κ3) is 5.03. The van der Waals surface area contributed by atoms with Gasteiger partial charge in [-0.2, -0.15) is 20.6 Å². The van der Waals surface area contributed by atoms with Crippen molar-refractivity contribution in [1.82, 2.24) is 35.3 Å². The minimum absolute atomic E-state index is 0.0578. The zero-order chi connectivity index (χ0) is 28.4. The summed E-state index contributed by atoms with van der Waals surface area (Å²) in [5, 5.41) is 40.5. The van der Waals surface area contributed by atoms with Gasteiger partial charge in [0.15, 0.2) is 5.65 Å². The molecule has 40 heavy (non-hydrogen) atoms. The van der Waals surface area contributed by atoms with E-state index in [1.807, 2.05) is 25.1 Å². The molecule has 1 aromatic carbocycles. The molecule has 204 valence electrons. The zero-order valence-corrected chi connectivity index (χ0v) is 24.7. The molecule has 3 aromatic heterocycles. The van der Waals surface area contributed by atoms with Crippen molar-refractivity contribution in [3.8, 4) is 28.4 Å². The van der Waals surface area contributed by atoms with Crippen LogP contribution in [0.3, 0.4) is 0 Å². The van der Waals surface area contributed by atoms with Gasteiger partial charge >= 0.3 is 0 Å². The Hall–Kier alpha value is -3.94. The van der Waals surface area contributed by atoms with Crippen molar-refractivity contribution >= 4 is 50.2 Å². The first-order chi connectivity index (χ1) is 19.3. The van der Waals surface area contributed by atoms with E-state index in [9.17, 15) is 15.3 Å². The van der Waals surface area contributed by atoms with E-state index < -0.39 is 11.3 Å². The number of benzene rings is 1. The second-order valence-electron chi connectivity index (χ2n) is 9.93. The number of fused-ring (bicyclic) bond motifs is 1. The lowest BCUT2D eigenvalue weighted by Gasteiger charge is -2.29. The molecule has 1 amide bonds. The number of aromatic nitrogens is 6. The fourth-order valence-corrected chi connectivity index (χ4v) is 6.58. The van der Waals surface area contributed by atoms with Gasteiger partial charge in [-0.15, -0.1) is 10.2 Å². The number of hydrogen-bond acceptors (Lipinski definition) is 10. The molecule has 1 saturated carbocycles. The number of carbonyl (C=O) groups is 1. The van der Waals surface area contributed by atoms with Crippen LogP contribution in [0.4, 0.5) is 5.95 Å². The summed E-state index contributed by atoms with van der Waals surface area (Å²) in [6, 6.07) is 10.4. The van der Waals surface area contributed by atoms with E-state index in [0.29, 0.717) is 41.9 Å². The van der Waals surface area contributed by atoms with E-state index in [0.717, 1.165) is 38.6 Å². The lowest BCUT2D eigenvalue weighted by molar-refractivity contribution is -0.132. The van der Waals surface area contributed by atoms with Crippen molar-refractivity contribution in [3.05, 3.63) is 39.6 Å². The van der Waals surface area contributed by atoms with Gasteiger partial charge in [-0.05, 0) is 79.2 Å². The average molecular weight is 620 g/mol. The lowest BCUT2D eigenvalue weighted by Crippen LogP contribution is -2.42. The van der Waals surface area contributed by atoms with Gasteiger partial charge in [0, 0.05) is 31.3 Å². The summed E-state index contributed by atoms with van der Waals surface area (Å²) in [5.41, 5.74) is 2.58. The average Bonchev–Trinajstić information content (AvgIpc) is 3.68. The number of aryl methyl sites for hydroxylation is 2. The van der Waals surface area contributed by atoms with E-state index in [2.05, 4.69) is 59.0 Å². The van der Waals surface area contributed by atoms with Gasteiger partial charge in [-0.3, -0.25) is 4.79 Å². The topological polar surface area (TPSA) is 158 Å². The lowest BCUT2D eigenvalue weighted by atomic mass is 9.74. The van der Waals surface area contributed by atoms with Gasteiger partial charge in [0.1, 0.15) is 14.6 Å². The maximum Gasteiger partial charge on any atom is 0.227 e. The van der Waals surface area contributed by atoms with Gasteiger partial charge in [0.05, 0.1) is 34.5 Å². The first-order valence-corrected chi connectivity index (χ1v) is 14.5. The molecular formula is C27H27BrN10OS. The van der Waals surface area contributed by atoms with Crippen LogP contribution in [0.25, 0.3) is 27.3 Å². The Bertz CT molecular complexity index is 1670. The number of nitrogens with zero attached hydrogens (tertiary/aromatic N) is 8. The number of anilines is 1. The van der Waals surface area contributed by atoms with Crippen molar-refractivity contribution in [2.45, 2.75) is 52.0 Å². The van der Waals surface area contributed by atoms with Crippen LogP contribution in [0.15, 0.2) is 29.0 Å². The van der Waals surface area contributed by atoms with Gasteiger partial charge < -0.3 is 10.6 Å². The summed E-state index contributed by atoms with van der Waals surface area (Å²) >= 11 is 5.05. The number of amides is 1. The molecule has 2 N–H and O–H groups in total. The third-order valence-electron chi connectivity index (χ3n) is 7.56. The van der Waals surface area contributed by atoms with Crippen LogP contribution in [0.2, 0.25) is 0 Å². The number of hydrogen-bond donors (Lipinski definition) is 2. The highest BCUT2D eigenvalue weighted by atomic mass is 79.9. The van der Waals surface area contributed by atoms with Crippen LogP contribution < -0.4 is 10.6 Å². The van der Waals surface area contributed by atoms with Gasteiger partial charge in [-0.1, -0.05) is 11.3 Å². The Morgan fingerprint density at radius 2 is 2.17 bits per heavy atom. The summed E-state index contributed by atoms with van der Waals surface area (Å²) < 4.78 is 2.36. The van der Waals surface area contributed by atoms with Crippen LogP contribution in [0, 0.1) is 40.9 Å². The standard InChI is InChI=1S/C27H27BrN10OS/c1-15(13-30)27(25(39)31-3)9-8-18(12-27)33-26-32-14-21-22(28)37-38(23(21)34-26)19-6-7-20(17(11-19)5-4-10-29)24-36-35-16(2)40-24/h6-7,11,14-15,18H,4-5,8-9,12H2,1-3H3,(H,31,39)(H,32,33,34)/t15?,18-,27?/m1/s1. The molecule has 0 radical (unpaired) electrons. The predicted octanol–water partition coefficient (Wildman–Crippen LogP) is 4.72. The summed E-state index contributed by atoms with van der Waals surface area (Å²) in [4.78, 5) is 22.1. The first kappa shape index (κ1) is 27.6. The van der Waals surface area contributed by atoms with Crippen molar-refractivity contribution in [3.63, 3.8) is 0 Å². The Kier molecular flexibility index (Phi) is 7.79. The molecule has 2 unspecified atom stereocenters. The van der Waals surface area contributed by atoms with Gasteiger partial charge in [0.2, 0.25) is 11.9 Å². The van der Waals surface area contributed by atoms with Gasteiger partial charge in [0.25, 0.3) is 0 Å². The van der Waals surface area contributed by atoms with E-state index in [4.69, 9.17) is 4.98 Å². The van der Waals surface area contributed by atoms with E-state index in [1.165, 1.54) is 11.3 Å². The molecule has 5 rings (SSSR count). The van der Waals surface area contributed by atoms with Crippen LogP contribution in [0.5, 0.6) is 0 Å². The highest BCUT2D eigenvalue weighted by Gasteiger charge is 2.49. The smallest absolute Gasteiger partial charge is 0.227 e. The molecular weight excluding hydrogens is 592 g/mol. The molecule has 0 spiro atoms. The minimum atomic E-state index is -0.747. The maximum absolute atomic E-state index is 12.8. The van der Waals surface area contributed by atoms with Crippen molar-refractivity contribution in [2.24, 2.45) is 11.3 Å². The monoisotopic (exact) mass is 618 g/mol. The molecule has 0 bridgehead atoms. The van der Waals surface area contributed by atoms with E-state index in [-0.39, 0.29) is 11.9 Å². The summed E-state index contributed by atoms with van der Waals surface area (Å²) in [7, 11) is 1.61. The van der Waals surface area contributed by atoms with E-state index in [1.54, 1.807) is 24.9 Å². The largest absolute Gasteiger partial charge is 0.359 e. The van der Waals surface area contributed by atoms with E-state index >= 15 is 0 Å². The van der Waals surface area contributed by atoms with Crippen molar-refractivity contribution in [1.29, 1.82) is 10.5 Å². The van der Waals surface area contributed by atoms with Crippen molar-refractivity contribution < 1.29 is 4.79 Å². The SMILES string of the molecule is CNC(=O)C1(C(C)C#N)CC[C@@H](Nc2ncc3c(Br)nn(-c4ccc(-c5nnc(C)s5)c(CCC#N)c4)c3n2)C1. The summed E-state index contributed by atoms with van der Waals surface area (Å²) in [6.07, 6.45) is 4.50. The molecule has 11 nitrogen and oxygen atoms in total. The number of nitriles is 2. The van der Waals surface area contributed by atoms with Gasteiger partial charge in [-0.25, -0.2) is 9.67 Å². The Morgan fingerprint density at radius 3 is 2.88 bits per heavy atom. The van der Waals surface area contributed by atoms with Crippen LogP contribution in [-0.4, -0.2) is 48.9 Å². The van der Waals surface area contributed by atoms with Crippen molar-refractivity contribution in [2.75, 3.05) is 12.4 Å². The summed E-state index contributed by atoms with van der Waals surface area (Å²) in [6.45, 7) is 3.72. The Morgan fingerprint density at radius 1 is 1.35 bits per heavy atom. The fourth-order valence-electron chi connectivity index (χ4n) is 5.39. The highest BCUT2D eigenvalue weighted by molar-refractivity contribution is 9.10. The number of carbonyl (C=O) groups excluding carboxylic acids is 1. The maximum atomic E-state index is 12.8.